The Morgan fingerprint density at radius 3 is 2.82 bits per heavy atom. The van der Waals surface area contributed by atoms with E-state index in [-0.39, 0.29) is 18.1 Å². The molecule has 0 heterocycles. The van der Waals surface area contributed by atoms with Gasteiger partial charge in [0, 0.05) is 11.5 Å². The van der Waals surface area contributed by atoms with Crippen molar-refractivity contribution >= 4 is 9.84 Å². The zero-order chi connectivity index (χ0) is 12.7. The van der Waals surface area contributed by atoms with Gasteiger partial charge in [0.15, 0.2) is 9.84 Å². The number of rotatable bonds is 6. The van der Waals surface area contributed by atoms with Gasteiger partial charge >= 0.3 is 0 Å². The van der Waals surface area contributed by atoms with Crippen molar-refractivity contribution in [3.63, 3.8) is 0 Å². The van der Waals surface area contributed by atoms with Gasteiger partial charge in [-0.25, -0.2) is 8.42 Å². The first-order valence-corrected chi connectivity index (χ1v) is 7.12. The molecule has 0 fully saturated rings. The molecule has 0 N–H and O–H groups in total. The number of azide groups is 1. The van der Waals surface area contributed by atoms with Crippen LogP contribution in [0.15, 0.2) is 29.4 Å². The van der Waals surface area contributed by atoms with Crippen LogP contribution in [-0.4, -0.2) is 20.7 Å². The lowest BCUT2D eigenvalue weighted by molar-refractivity contribution is 0.593. The maximum absolute atomic E-state index is 11.7. The number of benzene rings is 1. The fourth-order valence-electron chi connectivity index (χ4n) is 1.53. The maximum Gasteiger partial charge on any atom is 0.154 e. The molecule has 17 heavy (non-hydrogen) atoms. The third kappa shape index (κ3) is 5.38. The van der Waals surface area contributed by atoms with E-state index in [1.807, 2.05) is 25.1 Å². The van der Waals surface area contributed by atoms with E-state index >= 15 is 0 Å². The molecule has 5 nitrogen and oxygen atoms in total. The quantitative estimate of drug-likeness (QED) is 0.338. The van der Waals surface area contributed by atoms with Crippen LogP contribution in [0, 0.1) is 6.92 Å². The van der Waals surface area contributed by atoms with Crippen LogP contribution in [0.2, 0.25) is 0 Å². The minimum atomic E-state index is -3.12. The van der Waals surface area contributed by atoms with Gasteiger partial charge in [0.2, 0.25) is 0 Å². The Morgan fingerprint density at radius 1 is 1.41 bits per heavy atom. The Morgan fingerprint density at radius 2 is 2.18 bits per heavy atom. The first-order chi connectivity index (χ1) is 8.03. The summed E-state index contributed by atoms with van der Waals surface area (Å²) in [5, 5.41) is 3.31. The van der Waals surface area contributed by atoms with Crippen molar-refractivity contribution in [1.82, 2.24) is 0 Å². The van der Waals surface area contributed by atoms with Crippen molar-refractivity contribution < 1.29 is 8.42 Å². The predicted octanol–water partition coefficient (Wildman–Crippen LogP) is 2.61. The summed E-state index contributed by atoms with van der Waals surface area (Å²) in [6.45, 7) is 2.15. The van der Waals surface area contributed by atoms with E-state index in [1.165, 1.54) is 0 Å². The first-order valence-electron chi connectivity index (χ1n) is 5.30. The minimum absolute atomic E-state index is 0.0466. The Hall–Kier alpha value is -1.52. The summed E-state index contributed by atoms with van der Waals surface area (Å²) in [5.41, 5.74) is 9.92. The molecule has 0 saturated heterocycles. The van der Waals surface area contributed by atoms with Crippen LogP contribution in [0.1, 0.15) is 17.5 Å². The summed E-state index contributed by atoms with van der Waals surface area (Å²) in [5.74, 6) is 0.102. The molecule has 0 spiro atoms. The van der Waals surface area contributed by atoms with Gasteiger partial charge in [-0.15, -0.1) is 0 Å². The summed E-state index contributed by atoms with van der Waals surface area (Å²) in [7, 11) is -3.12. The zero-order valence-corrected chi connectivity index (χ0v) is 10.5. The third-order valence-electron chi connectivity index (χ3n) is 2.25. The largest absolute Gasteiger partial charge is 0.228 e. The van der Waals surface area contributed by atoms with E-state index in [1.54, 1.807) is 6.07 Å². The van der Waals surface area contributed by atoms with Gasteiger partial charge in [-0.3, -0.25) is 0 Å². The molecule has 0 aliphatic heterocycles. The average molecular weight is 253 g/mol. The highest BCUT2D eigenvalue weighted by molar-refractivity contribution is 7.90. The summed E-state index contributed by atoms with van der Waals surface area (Å²) >= 11 is 0. The monoisotopic (exact) mass is 253 g/mol. The summed E-state index contributed by atoms with van der Waals surface area (Å²) in [6.07, 6.45) is 0.373. The van der Waals surface area contributed by atoms with Crippen molar-refractivity contribution in [3.8, 4) is 0 Å². The molecule has 0 aliphatic carbocycles. The lowest BCUT2D eigenvalue weighted by Gasteiger charge is -2.04. The number of nitrogens with zero attached hydrogens (tertiary/aromatic N) is 3. The molecule has 1 rings (SSSR count). The van der Waals surface area contributed by atoms with Crippen LogP contribution in [0.25, 0.3) is 10.4 Å². The normalized spacial score (nSPS) is 10.9. The summed E-state index contributed by atoms with van der Waals surface area (Å²) in [4.78, 5) is 2.58. The Balaban J connectivity index is 2.57. The van der Waals surface area contributed by atoms with Crippen LogP contribution < -0.4 is 0 Å². The second-order valence-corrected chi connectivity index (χ2v) is 6.07. The van der Waals surface area contributed by atoms with Gasteiger partial charge in [0.05, 0.1) is 11.5 Å². The second-order valence-electron chi connectivity index (χ2n) is 3.89. The van der Waals surface area contributed by atoms with Crippen LogP contribution in [0.5, 0.6) is 0 Å². The van der Waals surface area contributed by atoms with Crippen LogP contribution in [-0.2, 0) is 15.6 Å². The number of hydrogen-bond donors (Lipinski definition) is 0. The highest BCUT2D eigenvalue weighted by atomic mass is 32.2. The van der Waals surface area contributed by atoms with Crippen LogP contribution in [0.3, 0.4) is 0 Å². The highest BCUT2D eigenvalue weighted by Crippen LogP contribution is 2.09. The van der Waals surface area contributed by atoms with E-state index in [0.29, 0.717) is 6.42 Å². The van der Waals surface area contributed by atoms with Gasteiger partial charge in [0.25, 0.3) is 0 Å². The molecule has 0 atom stereocenters. The highest BCUT2D eigenvalue weighted by Gasteiger charge is 2.11. The first kappa shape index (κ1) is 13.5. The molecule has 1 aromatic carbocycles. The Bertz CT molecular complexity index is 519. The van der Waals surface area contributed by atoms with Crippen molar-refractivity contribution in [3.05, 3.63) is 45.8 Å². The smallest absolute Gasteiger partial charge is 0.154 e. The SMILES string of the molecule is Cc1cccc(CS(=O)(=O)CCCN=[N+]=[N-])c1. The maximum atomic E-state index is 11.7. The fraction of sp³-hybridized carbons (Fsp3) is 0.455. The van der Waals surface area contributed by atoms with E-state index < -0.39 is 9.84 Å². The molecule has 6 heteroatoms. The van der Waals surface area contributed by atoms with Crippen molar-refractivity contribution in [2.24, 2.45) is 5.11 Å². The molecule has 0 saturated carbocycles. The summed E-state index contributed by atoms with van der Waals surface area (Å²) in [6, 6.07) is 7.45. The minimum Gasteiger partial charge on any atom is -0.228 e. The van der Waals surface area contributed by atoms with Gasteiger partial charge < -0.3 is 0 Å². The van der Waals surface area contributed by atoms with E-state index in [4.69, 9.17) is 5.53 Å². The number of aryl methyl sites for hydroxylation is 1. The molecule has 0 unspecified atom stereocenters. The molecule has 0 bridgehead atoms. The Labute approximate surface area is 101 Å². The van der Waals surface area contributed by atoms with Crippen molar-refractivity contribution in [1.29, 1.82) is 0 Å². The standard InChI is InChI=1S/C11H15N3O2S/c1-10-4-2-5-11(8-10)9-17(15,16)7-3-6-13-14-12/h2,4-5,8H,3,6-7,9H2,1H3. The van der Waals surface area contributed by atoms with Crippen molar-refractivity contribution in [2.75, 3.05) is 12.3 Å². The number of hydrogen-bond acceptors (Lipinski definition) is 3. The molecule has 1 aromatic rings. The van der Waals surface area contributed by atoms with E-state index in [0.717, 1.165) is 11.1 Å². The van der Waals surface area contributed by atoms with Gasteiger partial charge in [-0.05, 0) is 24.4 Å². The molecular weight excluding hydrogens is 238 g/mol. The molecule has 0 radical (unpaired) electrons. The topological polar surface area (TPSA) is 82.9 Å². The zero-order valence-electron chi connectivity index (χ0n) is 9.70. The van der Waals surface area contributed by atoms with E-state index in [9.17, 15) is 8.42 Å². The van der Waals surface area contributed by atoms with Crippen molar-refractivity contribution in [2.45, 2.75) is 19.1 Å². The molecular formula is C11H15N3O2S. The predicted molar refractivity (Wildman–Crippen MR) is 67.3 cm³/mol. The third-order valence-corrected chi connectivity index (χ3v) is 3.93. The lowest BCUT2D eigenvalue weighted by Crippen LogP contribution is -2.10. The molecule has 0 aromatic heterocycles. The van der Waals surface area contributed by atoms with Gasteiger partial charge in [-0.2, -0.15) is 0 Å². The molecule has 0 aliphatic rings. The molecule has 0 amide bonds. The van der Waals surface area contributed by atoms with Gasteiger partial charge in [0.1, 0.15) is 0 Å². The van der Waals surface area contributed by atoms with Crippen LogP contribution in [0.4, 0.5) is 0 Å². The lowest BCUT2D eigenvalue weighted by atomic mass is 10.2. The average Bonchev–Trinajstić information content (AvgIpc) is 2.24. The summed E-state index contributed by atoms with van der Waals surface area (Å²) < 4.78 is 23.5. The van der Waals surface area contributed by atoms with Gasteiger partial charge in [-0.1, -0.05) is 34.9 Å². The fourth-order valence-corrected chi connectivity index (χ4v) is 2.93. The van der Waals surface area contributed by atoms with E-state index in [2.05, 4.69) is 10.0 Å². The second kappa shape index (κ2) is 6.27. The van der Waals surface area contributed by atoms with Crippen LogP contribution >= 0.6 is 0 Å². The molecule has 92 valence electrons. The number of sulfone groups is 1. The Kier molecular flexibility index (Phi) is 5.00.